The minimum Gasteiger partial charge on any atom is -0.393 e. The fraction of sp³-hybridized carbons (Fsp3) is 0.684. The number of aromatic nitrogens is 1. The number of hydrogen-bond donors (Lipinski definition) is 1. The minimum absolute atomic E-state index is 0.195. The van der Waals surface area contributed by atoms with Gasteiger partial charge in [0.25, 0.3) is 0 Å². The van der Waals surface area contributed by atoms with Crippen LogP contribution in [0.15, 0.2) is 18.3 Å². The van der Waals surface area contributed by atoms with E-state index in [4.69, 9.17) is 0 Å². The highest BCUT2D eigenvalue weighted by molar-refractivity contribution is 5.85. The zero-order valence-electron chi connectivity index (χ0n) is 14.5. The van der Waals surface area contributed by atoms with Crippen molar-refractivity contribution in [3.8, 4) is 0 Å². The first-order valence-corrected chi connectivity index (χ1v) is 9.44. The van der Waals surface area contributed by atoms with E-state index < -0.39 is 0 Å². The molecular weight excluding hydrogens is 321 g/mol. The molecule has 1 amide bonds. The number of halogens is 1. The minimum atomic E-state index is -0.293. The molecule has 1 aromatic rings. The van der Waals surface area contributed by atoms with Crippen molar-refractivity contribution in [2.45, 2.75) is 57.1 Å². The number of amides is 1. The lowest BCUT2D eigenvalue weighted by atomic mass is 9.77. The molecule has 3 fully saturated rings. The molecule has 1 spiro atoms. The topological polar surface area (TPSA) is 56.7 Å². The summed E-state index contributed by atoms with van der Waals surface area (Å²) in [6.07, 6.45) is 7.29. The first kappa shape index (κ1) is 16.8. The molecule has 1 saturated carbocycles. The predicted octanol–water partition coefficient (Wildman–Crippen LogP) is 2.34. The lowest BCUT2D eigenvalue weighted by molar-refractivity contribution is -0.139. The van der Waals surface area contributed by atoms with Crippen LogP contribution in [0, 0.1) is 11.2 Å². The van der Waals surface area contributed by atoms with Gasteiger partial charge in [0.05, 0.1) is 11.5 Å². The maximum absolute atomic E-state index is 14.0. The maximum atomic E-state index is 14.0. The van der Waals surface area contributed by atoms with Crippen LogP contribution in [0.2, 0.25) is 0 Å². The van der Waals surface area contributed by atoms with E-state index in [2.05, 4.69) is 9.88 Å². The highest BCUT2D eigenvalue weighted by Crippen LogP contribution is 2.44. The largest absolute Gasteiger partial charge is 0.393 e. The zero-order chi connectivity index (χ0) is 17.4. The number of nitrogens with zero attached hydrogens (tertiary/aromatic N) is 3. The lowest BCUT2D eigenvalue weighted by Gasteiger charge is -2.40. The summed E-state index contributed by atoms with van der Waals surface area (Å²) in [4.78, 5) is 21.3. The second kappa shape index (κ2) is 6.56. The van der Waals surface area contributed by atoms with Gasteiger partial charge in [-0.1, -0.05) is 0 Å². The summed E-state index contributed by atoms with van der Waals surface area (Å²) in [5.74, 6) is 0.398. The molecule has 25 heavy (non-hydrogen) atoms. The van der Waals surface area contributed by atoms with Gasteiger partial charge in [-0.15, -0.1) is 0 Å². The smallest absolute Gasteiger partial charge is 0.229 e. The number of hydrogen-bond acceptors (Lipinski definition) is 4. The van der Waals surface area contributed by atoms with Crippen LogP contribution in [0.3, 0.4) is 0 Å². The summed E-state index contributed by atoms with van der Waals surface area (Å²) in [6.45, 7) is 2.19. The number of rotatable bonds is 2. The fourth-order valence-corrected chi connectivity index (χ4v) is 4.79. The van der Waals surface area contributed by atoms with E-state index in [1.54, 1.807) is 12.3 Å². The van der Waals surface area contributed by atoms with E-state index in [1.165, 1.54) is 6.07 Å². The second-order valence-electron chi connectivity index (χ2n) is 7.79. The molecule has 4 rings (SSSR count). The van der Waals surface area contributed by atoms with Gasteiger partial charge in [-0.25, -0.2) is 9.37 Å². The van der Waals surface area contributed by atoms with Gasteiger partial charge in [-0.2, -0.15) is 0 Å². The number of piperidine rings is 1. The van der Waals surface area contributed by atoms with Crippen molar-refractivity contribution in [2.75, 3.05) is 24.5 Å². The maximum Gasteiger partial charge on any atom is 0.229 e. The van der Waals surface area contributed by atoms with Crippen molar-refractivity contribution in [3.05, 3.63) is 24.1 Å². The highest BCUT2D eigenvalue weighted by Gasteiger charge is 2.50. The molecule has 2 saturated heterocycles. The Hall–Kier alpha value is -1.69. The van der Waals surface area contributed by atoms with E-state index >= 15 is 0 Å². The van der Waals surface area contributed by atoms with Gasteiger partial charge >= 0.3 is 0 Å². The van der Waals surface area contributed by atoms with Crippen LogP contribution >= 0.6 is 0 Å². The highest BCUT2D eigenvalue weighted by atomic mass is 19.1. The van der Waals surface area contributed by atoms with Crippen molar-refractivity contribution in [1.29, 1.82) is 0 Å². The Labute approximate surface area is 147 Å². The van der Waals surface area contributed by atoms with E-state index in [9.17, 15) is 14.3 Å². The molecule has 1 N–H and O–H groups in total. The van der Waals surface area contributed by atoms with Gasteiger partial charge < -0.3 is 14.9 Å². The van der Waals surface area contributed by atoms with Crippen LogP contribution in [0.4, 0.5) is 10.2 Å². The summed E-state index contributed by atoms with van der Waals surface area (Å²) < 4.78 is 14.0. The normalized spacial score (nSPS) is 29.4. The Morgan fingerprint density at radius 2 is 1.80 bits per heavy atom. The van der Waals surface area contributed by atoms with E-state index in [1.807, 2.05) is 4.90 Å². The van der Waals surface area contributed by atoms with Crippen LogP contribution in [0.1, 0.15) is 44.9 Å². The molecular formula is C19H26FN3O2. The number of carbonyl (C=O) groups is 1. The van der Waals surface area contributed by atoms with Crippen molar-refractivity contribution in [1.82, 2.24) is 9.88 Å². The average Bonchev–Trinajstić information content (AvgIpc) is 2.94. The van der Waals surface area contributed by atoms with Gasteiger partial charge in [0, 0.05) is 31.9 Å². The van der Waals surface area contributed by atoms with Crippen LogP contribution in [-0.2, 0) is 4.79 Å². The van der Waals surface area contributed by atoms with Crippen LogP contribution in [0.25, 0.3) is 0 Å². The van der Waals surface area contributed by atoms with Crippen molar-refractivity contribution in [2.24, 2.45) is 5.41 Å². The Morgan fingerprint density at radius 3 is 2.48 bits per heavy atom. The molecule has 3 heterocycles. The quantitative estimate of drug-likeness (QED) is 0.892. The molecule has 0 atom stereocenters. The number of aliphatic hydroxyl groups excluding tert-OH is 1. The summed E-state index contributed by atoms with van der Waals surface area (Å²) >= 11 is 0. The SMILES string of the molecule is O=C1N([C@H]2CC[C@H](O)CC2)CCC12CCN(c1ncccc1F)CC2. The Morgan fingerprint density at radius 1 is 1.12 bits per heavy atom. The zero-order valence-corrected chi connectivity index (χ0v) is 14.5. The Bertz CT molecular complexity index is 637. The summed E-state index contributed by atoms with van der Waals surface area (Å²) in [5.41, 5.74) is -0.266. The standard InChI is InChI=1S/C19H26FN3O2/c20-16-2-1-10-21-17(16)22-11-7-19(8-12-22)9-13-23(18(19)25)14-3-5-15(24)6-4-14/h1-2,10,14-15,24H,3-9,11-13H2/t14-,15-. The van der Waals surface area contributed by atoms with Crippen molar-refractivity contribution in [3.63, 3.8) is 0 Å². The summed E-state index contributed by atoms with van der Waals surface area (Å²) in [7, 11) is 0. The Balaban J connectivity index is 1.41. The number of pyridine rings is 1. The number of likely N-dealkylation sites (tertiary alicyclic amines) is 1. The molecule has 5 nitrogen and oxygen atoms in total. The third kappa shape index (κ3) is 3.01. The van der Waals surface area contributed by atoms with Crippen LogP contribution in [-0.4, -0.2) is 52.7 Å². The van der Waals surface area contributed by atoms with E-state index in [0.29, 0.717) is 24.9 Å². The summed E-state index contributed by atoms with van der Waals surface area (Å²) in [5, 5.41) is 9.69. The second-order valence-corrected chi connectivity index (χ2v) is 7.79. The average molecular weight is 347 g/mol. The van der Waals surface area contributed by atoms with Gasteiger partial charge in [0.1, 0.15) is 0 Å². The van der Waals surface area contributed by atoms with Crippen molar-refractivity contribution < 1.29 is 14.3 Å². The Kier molecular flexibility index (Phi) is 4.40. The number of anilines is 1. The molecule has 1 aliphatic carbocycles. The summed E-state index contributed by atoms with van der Waals surface area (Å²) in [6, 6.07) is 3.33. The van der Waals surface area contributed by atoms with Gasteiger partial charge in [-0.3, -0.25) is 4.79 Å². The molecule has 2 aliphatic heterocycles. The van der Waals surface area contributed by atoms with E-state index in [-0.39, 0.29) is 23.2 Å². The van der Waals surface area contributed by atoms with Gasteiger partial charge in [0.2, 0.25) is 5.91 Å². The first-order chi connectivity index (χ1) is 12.1. The molecule has 0 unspecified atom stereocenters. The molecule has 0 bridgehead atoms. The van der Waals surface area contributed by atoms with E-state index in [0.717, 1.165) is 51.5 Å². The number of carbonyl (C=O) groups excluding carboxylic acids is 1. The van der Waals surface area contributed by atoms with Crippen molar-refractivity contribution >= 4 is 11.7 Å². The number of aliphatic hydroxyl groups is 1. The molecule has 0 aromatic carbocycles. The third-order valence-electron chi connectivity index (χ3n) is 6.41. The predicted molar refractivity (Wildman–Crippen MR) is 92.7 cm³/mol. The lowest BCUT2D eigenvalue weighted by Crippen LogP contribution is -2.47. The molecule has 1 aromatic heterocycles. The fourth-order valence-electron chi connectivity index (χ4n) is 4.79. The molecule has 136 valence electrons. The van der Waals surface area contributed by atoms with Crippen LogP contribution < -0.4 is 4.90 Å². The monoisotopic (exact) mass is 347 g/mol. The van der Waals surface area contributed by atoms with Gasteiger partial charge in [0.15, 0.2) is 11.6 Å². The molecule has 6 heteroatoms. The molecule has 0 radical (unpaired) electrons. The third-order valence-corrected chi connectivity index (χ3v) is 6.41. The van der Waals surface area contributed by atoms with Gasteiger partial charge in [-0.05, 0) is 57.1 Å². The first-order valence-electron chi connectivity index (χ1n) is 9.44. The molecule has 3 aliphatic rings. The van der Waals surface area contributed by atoms with Crippen LogP contribution in [0.5, 0.6) is 0 Å².